The van der Waals surface area contributed by atoms with Gasteiger partial charge in [0.15, 0.2) is 17.3 Å². The number of carbonyl (C=O) groups excluding carboxylic acids is 1. The summed E-state index contributed by atoms with van der Waals surface area (Å²) < 4.78 is 12.9. The van der Waals surface area contributed by atoms with Gasteiger partial charge in [-0.05, 0) is 43.4 Å². The summed E-state index contributed by atoms with van der Waals surface area (Å²) in [7, 11) is 3.22. The fraction of sp³-hybridized carbons (Fsp3) is 0.571. The second-order valence-corrected chi connectivity index (χ2v) is 7.55. The van der Waals surface area contributed by atoms with E-state index in [0.29, 0.717) is 17.9 Å². The number of nitrogens with zero attached hydrogens (tertiary/aromatic N) is 4. The first kappa shape index (κ1) is 18.8. The summed E-state index contributed by atoms with van der Waals surface area (Å²) in [6.07, 6.45) is 6.85. The van der Waals surface area contributed by atoms with E-state index in [1.54, 1.807) is 14.2 Å². The summed E-state index contributed by atoms with van der Waals surface area (Å²) in [5, 5.41) is 8.92. The molecule has 2 aliphatic rings. The Labute approximate surface area is 165 Å². The molecule has 0 aliphatic carbocycles. The van der Waals surface area contributed by atoms with Crippen molar-refractivity contribution >= 4 is 5.91 Å². The van der Waals surface area contributed by atoms with Gasteiger partial charge >= 0.3 is 0 Å². The largest absolute Gasteiger partial charge is 0.493 e. The number of ether oxygens (including phenoxy) is 2. The first-order valence-corrected chi connectivity index (χ1v) is 10.1. The molecule has 3 heterocycles. The number of carbonyl (C=O) groups is 1. The Morgan fingerprint density at radius 3 is 2.75 bits per heavy atom. The molecule has 28 heavy (non-hydrogen) atoms. The van der Waals surface area contributed by atoms with Crippen LogP contribution in [0, 0.1) is 0 Å². The molecule has 0 unspecified atom stereocenters. The first-order chi connectivity index (χ1) is 13.7. The Morgan fingerprint density at radius 1 is 1.07 bits per heavy atom. The Hall–Kier alpha value is -2.57. The summed E-state index contributed by atoms with van der Waals surface area (Å²) in [5.74, 6) is 3.49. The van der Waals surface area contributed by atoms with Gasteiger partial charge in [0, 0.05) is 19.5 Å². The normalized spacial score (nSPS) is 19.2. The molecule has 1 fully saturated rings. The van der Waals surface area contributed by atoms with Gasteiger partial charge in [-0.25, -0.2) is 0 Å². The smallest absolute Gasteiger partial charge is 0.227 e. The fourth-order valence-corrected chi connectivity index (χ4v) is 4.35. The third-order valence-corrected chi connectivity index (χ3v) is 5.81. The summed E-state index contributed by atoms with van der Waals surface area (Å²) in [6.45, 7) is 1.74. The maximum absolute atomic E-state index is 13.1. The van der Waals surface area contributed by atoms with Crippen molar-refractivity contribution in [1.82, 2.24) is 19.7 Å². The Kier molecular flexibility index (Phi) is 5.50. The van der Waals surface area contributed by atoms with Crippen molar-refractivity contribution in [2.75, 3.05) is 20.8 Å². The van der Waals surface area contributed by atoms with E-state index < -0.39 is 0 Å². The van der Waals surface area contributed by atoms with Crippen LogP contribution in [0.25, 0.3) is 0 Å². The summed E-state index contributed by atoms with van der Waals surface area (Å²) >= 11 is 0. The van der Waals surface area contributed by atoms with Gasteiger partial charge < -0.3 is 18.9 Å². The number of aryl methyl sites for hydroxylation is 1. The molecule has 4 rings (SSSR count). The molecule has 7 heteroatoms. The van der Waals surface area contributed by atoms with Gasteiger partial charge in [0.2, 0.25) is 5.91 Å². The minimum Gasteiger partial charge on any atom is -0.493 e. The van der Waals surface area contributed by atoms with Crippen molar-refractivity contribution in [3.05, 3.63) is 35.4 Å². The SMILES string of the molecule is COc1ccc(CC(=O)N2CCC[C@H]2c2nnc3n2CCCCC3)cc1OC. The highest BCUT2D eigenvalue weighted by Gasteiger charge is 2.34. The average molecular weight is 384 g/mol. The highest BCUT2D eigenvalue weighted by atomic mass is 16.5. The number of likely N-dealkylation sites (tertiary alicyclic amines) is 1. The lowest BCUT2D eigenvalue weighted by Crippen LogP contribution is -2.33. The molecule has 1 atom stereocenters. The Morgan fingerprint density at radius 2 is 1.93 bits per heavy atom. The molecule has 2 aromatic rings. The van der Waals surface area contributed by atoms with Crippen LogP contribution < -0.4 is 9.47 Å². The predicted molar refractivity (Wildman–Crippen MR) is 105 cm³/mol. The number of hydrogen-bond acceptors (Lipinski definition) is 5. The van der Waals surface area contributed by atoms with E-state index in [-0.39, 0.29) is 11.9 Å². The van der Waals surface area contributed by atoms with E-state index >= 15 is 0 Å². The maximum atomic E-state index is 13.1. The molecule has 1 amide bonds. The second-order valence-electron chi connectivity index (χ2n) is 7.55. The molecule has 150 valence electrons. The van der Waals surface area contributed by atoms with Crippen LogP contribution in [0.15, 0.2) is 18.2 Å². The van der Waals surface area contributed by atoms with E-state index in [4.69, 9.17) is 9.47 Å². The van der Waals surface area contributed by atoms with Crippen LogP contribution in [-0.4, -0.2) is 46.3 Å². The second kappa shape index (κ2) is 8.20. The van der Waals surface area contributed by atoms with E-state index in [2.05, 4.69) is 14.8 Å². The third-order valence-electron chi connectivity index (χ3n) is 5.81. The van der Waals surface area contributed by atoms with Crippen molar-refractivity contribution in [2.24, 2.45) is 0 Å². The number of aromatic nitrogens is 3. The van der Waals surface area contributed by atoms with Crippen LogP contribution in [0.5, 0.6) is 11.5 Å². The quantitative estimate of drug-likeness (QED) is 0.793. The van der Waals surface area contributed by atoms with Crippen molar-refractivity contribution in [2.45, 2.75) is 57.5 Å². The summed E-state index contributed by atoms with van der Waals surface area (Å²) in [5.41, 5.74) is 0.924. The van der Waals surface area contributed by atoms with Crippen molar-refractivity contribution in [3.8, 4) is 11.5 Å². The number of amides is 1. The first-order valence-electron chi connectivity index (χ1n) is 10.1. The van der Waals surface area contributed by atoms with Crippen LogP contribution in [0.1, 0.15) is 55.4 Å². The number of benzene rings is 1. The zero-order valence-corrected chi connectivity index (χ0v) is 16.7. The molecule has 0 spiro atoms. The molecule has 0 bridgehead atoms. The van der Waals surface area contributed by atoms with Crippen molar-refractivity contribution in [3.63, 3.8) is 0 Å². The predicted octanol–water partition coefficient (Wildman–Crippen LogP) is 2.93. The summed E-state index contributed by atoms with van der Waals surface area (Å²) in [4.78, 5) is 15.1. The van der Waals surface area contributed by atoms with Crippen LogP contribution in [-0.2, 0) is 24.2 Å². The van der Waals surface area contributed by atoms with Crippen LogP contribution in [0.2, 0.25) is 0 Å². The molecular weight excluding hydrogens is 356 g/mol. The number of rotatable bonds is 5. The van der Waals surface area contributed by atoms with Crippen LogP contribution >= 0.6 is 0 Å². The number of hydrogen-bond donors (Lipinski definition) is 0. The lowest BCUT2D eigenvalue weighted by Gasteiger charge is -2.25. The monoisotopic (exact) mass is 384 g/mol. The molecule has 2 aliphatic heterocycles. The average Bonchev–Trinajstić information content (AvgIpc) is 3.28. The lowest BCUT2D eigenvalue weighted by molar-refractivity contribution is -0.131. The molecule has 0 N–H and O–H groups in total. The minimum atomic E-state index is 0.0343. The minimum absolute atomic E-state index is 0.0343. The van der Waals surface area contributed by atoms with Crippen LogP contribution in [0.4, 0.5) is 0 Å². The van der Waals surface area contributed by atoms with Gasteiger partial charge in [0.1, 0.15) is 5.82 Å². The topological polar surface area (TPSA) is 69.5 Å². The molecule has 7 nitrogen and oxygen atoms in total. The zero-order valence-electron chi connectivity index (χ0n) is 16.7. The molecule has 1 aromatic carbocycles. The highest BCUT2D eigenvalue weighted by Crippen LogP contribution is 2.33. The number of fused-ring (bicyclic) bond motifs is 1. The van der Waals surface area contributed by atoms with Gasteiger partial charge in [-0.15, -0.1) is 10.2 Å². The molecule has 1 aromatic heterocycles. The lowest BCUT2D eigenvalue weighted by atomic mass is 10.1. The van der Waals surface area contributed by atoms with E-state index in [0.717, 1.165) is 56.0 Å². The zero-order chi connectivity index (χ0) is 19.5. The van der Waals surface area contributed by atoms with Crippen molar-refractivity contribution in [1.29, 1.82) is 0 Å². The van der Waals surface area contributed by atoms with Gasteiger partial charge in [0.25, 0.3) is 0 Å². The van der Waals surface area contributed by atoms with Gasteiger partial charge in [-0.2, -0.15) is 0 Å². The Balaban J connectivity index is 1.52. The van der Waals surface area contributed by atoms with Crippen LogP contribution in [0.3, 0.4) is 0 Å². The number of methoxy groups -OCH3 is 2. The molecule has 1 saturated heterocycles. The highest BCUT2D eigenvalue weighted by molar-refractivity contribution is 5.79. The summed E-state index contributed by atoms with van der Waals surface area (Å²) in [6, 6.07) is 5.69. The van der Waals surface area contributed by atoms with E-state index in [1.165, 1.54) is 12.8 Å². The standard InChI is InChI=1S/C21H28N4O3/c1-27-17-10-9-15(13-18(17)28-2)14-20(26)24-12-6-7-16(24)21-23-22-19-8-4-3-5-11-25(19)21/h9-10,13,16H,3-8,11-12,14H2,1-2H3/t16-/m0/s1. The van der Waals surface area contributed by atoms with Crippen molar-refractivity contribution < 1.29 is 14.3 Å². The van der Waals surface area contributed by atoms with Gasteiger partial charge in [0.05, 0.1) is 26.7 Å². The third kappa shape index (κ3) is 3.57. The van der Waals surface area contributed by atoms with Gasteiger partial charge in [-0.3, -0.25) is 4.79 Å². The fourth-order valence-electron chi connectivity index (χ4n) is 4.35. The molecule has 0 radical (unpaired) electrons. The Bertz CT molecular complexity index is 848. The van der Waals surface area contributed by atoms with E-state index in [9.17, 15) is 4.79 Å². The van der Waals surface area contributed by atoms with Gasteiger partial charge in [-0.1, -0.05) is 12.5 Å². The molecular formula is C21H28N4O3. The van der Waals surface area contributed by atoms with E-state index in [1.807, 2.05) is 23.1 Å². The molecule has 0 saturated carbocycles. The maximum Gasteiger partial charge on any atom is 0.227 e.